The number of nitrogens with zero attached hydrogens (tertiary/aromatic N) is 2. The molecule has 0 bridgehead atoms. The van der Waals surface area contributed by atoms with Gasteiger partial charge in [0, 0.05) is 16.1 Å². The third kappa shape index (κ3) is 7.45. The topological polar surface area (TPSA) is 148 Å². The van der Waals surface area contributed by atoms with Gasteiger partial charge in [0.1, 0.15) is 0 Å². The molecular weight excluding hydrogens is 646 g/mol. The Balaban J connectivity index is 1.76. The van der Waals surface area contributed by atoms with Crippen molar-refractivity contribution < 1.29 is 38.2 Å². The van der Waals surface area contributed by atoms with E-state index in [0.717, 1.165) is 0 Å². The van der Waals surface area contributed by atoms with Gasteiger partial charge in [-0.05, 0) is 46.3 Å². The Hall–Kier alpha value is -4.17. The first-order valence-electron chi connectivity index (χ1n) is 10.9. The summed E-state index contributed by atoms with van der Waals surface area (Å²) >= 11 is 6.73. The molecule has 0 fully saturated rings. The van der Waals surface area contributed by atoms with Crippen LogP contribution in [0.4, 0.5) is 5.69 Å². The first-order valence-corrected chi connectivity index (χ1v) is 12.5. The molecule has 0 saturated carbocycles. The van der Waals surface area contributed by atoms with Gasteiger partial charge < -0.3 is 23.7 Å². The van der Waals surface area contributed by atoms with Crippen molar-refractivity contribution in [2.24, 2.45) is 5.10 Å². The summed E-state index contributed by atoms with van der Waals surface area (Å²) in [5, 5.41) is 15.0. The van der Waals surface area contributed by atoms with Gasteiger partial charge in [-0.1, -0.05) is 28.1 Å². The molecule has 12 nitrogen and oxygen atoms in total. The number of nitrogens with one attached hydrogen (secondary N) is 1. The summed E-state index contributed by atoms with van der Waals surface area (Å²) < 4.78 is 27.8. The number of hydrogen-bond donors (Lipinski definition) is 1. The average Bonchev–Trinajstić information content (AvgIpc) is 2.92. The summed E-state index contributed by atoms with van der Waals surface area (Å²) in [5.74, 6) is -0.485. The van der Waals surface area contributed by atoms with E-state index < -0.39 is 23.4 Å². The first-order chi connectivity index (χ1) is 18.7. The summed E-state index contributed by atoms with van der Waals surface area (Å²) in [6.45, 7) is -0.520. The molecule has 0 atom stereocenters. The number of hydrogen-bond acceptors (Lipinski definition) is 10. The summed E-state index contributed by atoms with van der Waals surface area (Å²) in [6.07, 6.45) is 1.26. The fraction of sp³-hybridized carbons (Fsp3) is 0.160. The van der Waals surface area contributed by atoms with E-state index in [1.165, 1.54) is 57.9 Å². The number of benzene rings is 3. The van der Waals surface area contributed by atoms with Crippen LogP contribution < -0.4 is 29.1 Å². The summed E-state index contributed by atoms with van der Waals surface area (Å²) in [5.41, 5.74) is 2.45. The lowest BCUT2D eigenvalue weighted by molar-refractivity contribution is -0.385. The molecule has 0 unspecified atom stereocenters. The minimum Gasteiger partial charge on any atom is -0.493 e. The van der Waals surface area contributed by atoms with E-state index in [-0.39, 0.29) is 34.2 Å². The zero-order valence-corrected chi connectivity index (χ0v) is 23.9. The molecule has 0 aromatic heterocycles. The number of hydrazone groups is 1. The van der Waals surface area contributed by atoms with Gasteiger partial charge in [-0.3, -0.25) is 14.9 Å². The van der Waals surface area contributed by atoms with Crippen molar-refractivity contribution in [3.8, 4) is 28.7 Å². The van der Waals surface area contributed by atoms with Gasteiger partial charge in [-0.2, -0.15) is 5.10 Å². The predicted octanol–water partition coefficient (Wildman–Crippen LogP) is 4.89. The van der Waals surface area contributed by atoms with Crippen molar-refractivity contribution in [2.75, 3.05) is 27.9 Å². The maximum absolute atomic E-state index is 13.0. The standard InChI is InChI=1S/C25H21Br2N3O9/c1-35-20-9-14(10-21(36-2)24(20)37-3)25(32)39-23-15(8-16(26)11-17(23)27)12-28-29-22(31)13-38-19-7-5-4-6-18(19)30(33)34/h4-12H,13H2,1-3H3,(H,29,31)/b28-12+. The van der Waals surface area contributed by atoms with Crippen LogP contribution in [0.3, 0.4) is 0 Å². The zero-order chi connectivity index (χ0) is 28.5. The molecule has 0 aliphatic carbocycles. The van der Waals surface area contributed by atoms with Gasteiger partial charge in [0.2, 0.25) is 5.75 Å². The number of rotatable bonds is 11. The highest BCUT2D eigenvalue weighted by atomic mass is 79.9. The van der Waals surface area contributed by atoms with Gasteiger partial charge >= 0.3 is 11.7 Å². The van der Waals surface area contributed by atoms with Gasteiger partial charge in [-0.15, -0.1) is 0 Å². The number of halogens is 2. The molecule has 204 valence electrons. The van der Waals surface area contributed by atoms with Crippen molar-refractivity contribution in [1.29, 1.82) is 0 Å². The lowest BCUT2D eigenvalue weighted by Crippen LogP contribution is -2.24. The molecule has 0 aliphatic heterocycles. The van der Waals surface area contributed by atoms with Crippen LogP contribution in [0.2, 0.25) is 0 Å². The molecule has 1 amide bonds. The van der Waals surface area contributed by atoms with Crippen molar-refractivity contribution >= 4 is 55.6 Å². The van der Waals surface area contributed by atoms with Crippen molar-refractivity contribution in [1.82, 2.24) is 5.43 Å². The van der Waals surface area contributed by atoms with Crippen LogP contribution in [0.1, 0.15) is 15.9 Å². The molecule has 3 rings (SSSR count). The number of methoxy groups -OCH3 is 3. The van der Waals surface area contributed by atoms with Crippen molar-refractivity contribution in [3.63, 3.8) is 0 Å². The number of para-hydroxylation sites is 2. The van der Waals surface area contributed by atoms with Crippen molar-refractivity contribution in [2.45, 2.75) is 0 Å². The highest BCUT2D eigenvalue weighted by Gasteiger charge is 2.21. The molecular formula is C25H21Br2N3O9. The molecule has 14 heteroatoms. The van der Waals surface area contributed by atoms with E-state index in [0.29, 0.717) is 20.3 Å². The molecule has 0 spiro atoms. The fourth-order valence-electron chi connectivity index (χ4n) is 3.21. The molecule has 1 N–H and O–H groups in total. The quantitative estimate of drug-likeness (QED) is 0.0992. The van der Waals surface area contributed by atoms with E-state index in [2.05, 4.69) is 42.4 Å². The number of amides is 1. The fourth-order valence-corrected chi connectivity index (χ4v) is 4.55. The van der Waals surface area contributed by atoms with E-state index >= 15 is 0 Å². The number of nitro groups is 1. The van der Waals surface area contributed by atoms with Crippen LogP contribution in [-0.4, -0.2) is 51.0 Å². The highest BCUT2D eigenvalue weighted by molar-refractivity contribution is 9.11. The summed E-state index contributed by atoms with van der Waals surface area (Å²) in [7, 11) is 4.29. The minimum absolute atomic E-state index is 0.0569. The van der Waals surface area contributed by atoms with E-state index in [9.17, 15) is 19.7 Å². The van der Waals surface area contributed by atoms with Gasteiger partial charge in [-0.25, -0.2) is 10.2 Å². The maximum atomic E-state index is 13.0. The van der Waals surface area contributed by atoms with Gasteiger partial charge in [0.05, 0.1) is 42.5 Å². The summed E-state index contributed by atoms with van der Waals surface area (Å²) in [6, 6.07) is 11.8. The number of ether oxygens (including phenoxy) is 5. The van der Waals surface area contributed by atoms with E-state index in [1.54, 1.807) is 18.2 Å². The second-order valence-electron chi connectivity index (χ2n) is 7.42. The summed E-state index contributed by atoms with van der Waals surface area (Å²) in [4.78, 5) is 35.7. The number of esters is 1. The normalized spacial score (nSPS) is 10.6. The van der Waals surface area contributed by atoms with E-state index in [1.807, 2.05) is 0 Å². The zero-order valence-electron chi connectivity index (χ0n) is 20.7. The highest BCUT2D eigenvalue weighted by Crippen LogP contribution is 2.39. The smallest absolute Gasteiger partial charge is 0.343 e. The lowest BCUT2D eigenvalue weighted by atomic mass is 10.1. The Kier molecular flexibility index (Phi) is 10.2. The van der Waals surface area contributed by atoms with Crippen LogP contribution in [-0.2, 0) is 4.79 Å². The van der Waals surface area contributed by atoms with Crippen molar-refractivity contribution in [3.05, 3.63) is 78.7 Å². The molecule has 3 aromatic rings. The average molecular weight is 667 g/mol. The second-order valence-corrected chi connectivity index (χ2v) is 9.19. The Labute approximate surface area is 239 Å². The molecule has 0 heterocycles. The molecule has 0 radical (unpaired) electrons. The SMILES string of the molecule is COc1cc(C(=O)Oc2c(Br)cc(Br)cc2/C=N/NC(=O)COc2ccccc2[N+](=O)[O-])cc(OC)c1OC. The van der Waals surface area contributed by atoms with Crippen LogP contribution in [0.15, 0.2) is 62.6 Å². The number of carbonyl (C=O) groups excluding carboxylic acids is 2. The predicted molar refractivity (Wildman–Crippen MR) is 147 cm³/mol. The molecule has 0 aliphatic rings. The Morgan fingerprint density at radius 3 is 2.26 bits per heavy atom. The van der Waals surface area contributed by atoms with E-state index in [4.69, 9.17) is 23.7 Å². The minimum atomic E-state index is -0.728. The maximum Gasteiger partial charge on any atom is 0.343 e. The first kappa shape index (κ1) is 29.4. The van der Waals surface area contributed by atoms with Crippen LogP contribution in [0.5, 0.6) is 28.7 Å². The van der Waals surface area contributed by atoms with Crippen LogP contribution in [0, 0.1) is 10.1 Å². The van der Waals surface area contributed by atoms with Gasteiger partial charge in [0.25, 0.3) is 5.91 Å². The second kappa shape index (κ2) is 13.6. The third-order valence-electron chi connectivity index (χ3n) is 4.95. The van der Waals surface area contributed by atoms with Gasteiger partial charge in [0.15, 0.2) is 29.6 Å². The van der Waals surface area contributed by atoms with Crippen LogP contribution >= 0.6 is 31.9 Å². The monoisotopic (exact) mass is 665 g/mol. The third-order valence-corrected chi connectivity index (χ3v) is 5.99. The number of carbonyl (C=O) groups is 2. The molecule has 0 saturated heterocycles. The van der Waals surface area contributed by atoms with Crippen LogP contribution in [0.25, 0.3) is 0 Å². The Bertz CT molecular complexity index is 1400. The number of nitro benzene ring substituents is 1. The molecule has 39 heavy (non-hydrogen) atoms. The molecule has 3 aromatic carbocycles. The Morgan fingerprint density at radius 2 is 1.64 bits per heavy atom. The largest absolute Gasteiger partial charge is 0.493 e. The lowest BCUT2D eigenvalue weighted by Gasteiger charge is -2.15. The Morgan fingerprint density at radius 1 is 0.974 bits per heavy atom.